The van der Waals surface area contributed by atoms with Crippen LogP contribution in [0.15, 0.2) is 51.4 Å². The number of aliphatic carboxylic acids is 1. The summed E-state index contributed by atoms with van der Waals surface area (Å²) in [6.45, 7) is 0. The first-order valence-electron chi connectivity index (χ1n) is 6.18. The predicted molar refractivity (Wildman–Crippen MR) is 84.6 cm³/mol. The molecule has 0 fully saturated rings. The van der Waals surface area contributed by atoms with E-state index in [1.807, 2.05) is 35.7 Å². The van der Waals surface area contributed by atoms with Crippen LogP contribution in [0.3, 0.4) is 0 Å². The third kappa shape index (κ3) is 3.34. The van der Waals surface area contributed by atoms with Gasteiger partial charge in [-0.05, 0) is 35.2 Å². The number of carbonyl (C=O) groups is 1. The maximum Gasteiger partial charge on any atom is 0.328 e. The predicted octanol–water partition coefficient (Wildman–Crippen LogP) is 4.28. The molecule has 0 spiro atoms. The highest BCUT2D eigenvalue weighted by Crippen LogP contribution is 2.30. The Morgan fingerprint density at radius 3 is 3.05 bits per heavy atom. The number of para-hydroxylation sites is 2. The summed E-state index contributed by atoms with van der Waals surface area (Å²) in [5.41, 5.74) is 2.54. The van der Waals surface area contributed by atoms with E-state index in [1.165, 1.54) is 11.8 Å². The van der Waals surface area contributed by atoms with Crippen LogP contribution < -0.4 is 0 Å². The molecule has 0 bridgehead atoms. The van der Waals surface area contributed by atoms with Crippen molar-refractivity contribution in [1.29, 1.82) is 0 Å². The van der Waals surface area contributed by atoms with E-state index in [-0.39, 0.29) is 0 Å². The zero-order valence-corrected chi connectivity index (χ0v) is 12.5. The average Bonchev–Trinajstić information content (AvgIpc) is 3.08. The highest BCUT2D eigenvalue weighted by molar-refractivity contribution is 7.98. The van der Waals surface area contributed by atoms with Crippen LogP contribution in [0.2, 0.25) is 0 Å². The zero-order chi connectivity index (χ0) is 14.7. The first-order chi connectivity index (χ1) is 10.2. The Hall–Kier alpha value is -2.05. The maximum absolute atomic E-state index is 10.6. The van der Waals surface area contributed by atoms with Gasteiger partial charge in [0.1, 0.15) is 5.52 Å². The molecule has 2 aromatic heterocycles. The maximum atomic E-state index is 10.6. The Morgan fingerprint density at radius 2 is 2.24 bits per heavy atom. The smallest absolute Gasteiger partial charge is 0.328 e. The van der Waals surface area contributed by atoms with E-state index in [9.17, 15) is 4.79 Å². The van der Waals surface area contributed by atoms with Gasteiger partial charge in [0.05, 0.1) is 0 Å². The number of oxazole rings is 1. The summed E-state index contributed by atoms with van der Waals surface area (Å²) in [6.07, 6.45) is 2.76. The Labute approximate surface area is 129 Å². The van der Waals surface area contributed by atoms with Gasteiger partial charge in [-0.25, -0.2) is 9.78 Å². The number of thiophene rings is 1. The zero-order valence-electron chi connectivity index (χ0n) is 10.9. The summed E-state index contributed by atoms with van der Waals surface area (Å²) < 4.78 is 5.65. The van der Waals surface area contributed by atoms with E-state index in [0.717, 1.165) is 27.6 Å². The fraction of sp³-hybridized carbons (Fsp3) is 0.0667. The minimum atomic E-state index is -0.946. The van der Waals surface area contributed by atoms with Crippen LogP contribution in [0, 0.1) is 0 Å². The van der Waals surface area contributed by atoms with Crippen molar-refractivity contribution < 1.29 is 14.3 Å². The Kier molecular flexibility index (Phi) is 4.08. The van der Waals surface area contributed by atoms with Crippen molar-refractivity contribution in [1.82, 2.24) is 4.98 Å². The van der Waals surface area contributed by atoms with Gasteiger partial charge >= 0.3 is 5.97 Å². The second-order valence-electron chi connectivity index (χ2n) is 4.21. The molecule has 4 nitrogen and oxygen atoms in total. The lowest BCUT2D eigenvalue weighted by Gasteiger charge is -1.96. The minimum absolute atomic E-state index is 0.623. The van der Waals surface area contributed by atoms with Crippen LogP contribution >= 0.6 is 23.1 Å². The number of hydrogen-bond acceptors (Lipinski definition) is 5. The quantitative estimate of drug-likeness (QED) is 0.562. The van der Waals surface area contributed by atoms with Crippen molar-refractivity contribution in [3.63, 3.8) is 0 Å². The van der Waals surface area contributed by atoms with E-state index in [4.69, 9.17) is 9.52 Å². The number of thioether (sulfide) groups is 1. The molecule has 0 saturated heterocycles. The highest BCUT2D eigenvalue weighted by atomic mass is 32.2. The van der Waals surface area contributed by atoms with Gasteiger partial charge in [0.15, 0.2) is 5.58 Å². The van der Waals surface area contributed by atoms with Crippen molar-refractivity contribution in [3.05, 3.63) is 52.2 Å². The molecule has 21 heavy (non-hydrogen) atoms. The molecular formula is C15H11NO3S2. The Balaban J connectivity index is 1.73. The SMILES string of the molecule is O=C(O)C=Cc1ccsc1CSc1nc2ccccc2o1. The second-order valence-corrected chi connectivity index (χ2v) is 6.13. The summed E-state index contributed by atoms with van der Waals surface area (Å²) in [4.78, 5) is 16.1. The summed E-state index contributed by atoms with van der Waals surface area (Å²) >= 11 is 3.10. The largest absolute Gasteiger partial charge is 0.478 e. The monoisotopic (exact) mass is 317 g/mol. The van der Waals surface area contributed by atoms with Crippen molar-refractivity contribution >= 4 is 46.2 Å². The number of hydrogen-bond donors (Lipinski definition) is 1. The van der Waals surface area contributed by atoms with Crippen LogP contribution in [-0.2, 0) is 10.5 Å². The topological polar surface area (TPSA) is 63.3 Å². The molecule has 1 aromatic carbocycles. The molecule has 106 valence electrons. The lowest BCUT2D eigenvalue weighted by atomic mass is 10.2. The third-order valence-corrected chi connectivity index (χ3v) is 4.76. The fourth-order valence-corrected chi connectivity index (χ4v) is 3.65. The van der Waals surface area contributed by atoms with Gasteiger partial charge in [-0.15, -0.1) is 11.3 Å². The highest BCUT2D eigenvalue weighted by Gasteiger charge is 2.08. The molecule has 0 aliphatic rings. The molecule has 3 rings (SSSR count). The standard InChI is InChI=1S/C15H11NO3S2/c17-14(18)6-5-10-7-8-20-13(10)9-21-15-16-11-3-1-2-4-12(11)19-15/h1-8H,9H2,(H,17,18). The number of rotatable bonds is 5. The van der Waals surface area contributed by atoms with Crippen molar-refractivity contribution in [2.75, 3.05) is 0 Å². The van der Waals surface area contributed by atoms with Crippen LogP contribution in [0.5, 0.6) is 0 Å². The van der Waals surface area contributed by atoms with Crippen molar-refractivity contribution in [2.24, 2.45) is 0 Å². The normalized spacial score (nSPS) is 11.4. The van der Waals surface area contributed by atoms with E-state index in [2.05, 4.69) is 4.98 Å². The lowest BCUT2D eigenvalue weighted by Crippen LogP contribution is -1.86. The molecule has 0 amide bonds. The molecule has 6 heteroatoms. The number of fused-ring (bicyclic) bond motifs is 1. The second kappa shape index (κ2) is 6.15. The molecule has 2 heterocycles. The average molecular weight is 317 g/mol. The molecule has 0 atom stereocenters. The van der Waals surface area contributed by atoms with Crippen molar-refractivity contribution in [2.45, 2.75) is 11.0 Å². The van der Waals surface area contributed by atoms with Crippen LogP contribution in [0.25, 0.3) is 17.2 Å². The molecule has 0 radical (unpaired) electrons. The van der Waals surface area contributed by atoms with Gasteiger partial charge in [-0.1, -0.05) is 23.9 Å². The van der Waals surface area contributed by atoms with E-state index in [0.29, 0.717) is 11.0 Å². The summed E-state index contributed by atoms with van der Waals surface area (Å²) in [6, 6.07) is 9.54. The minimum Gasteiger partial charge on any atom is -0.478 e. The molecular weight excluding hydrogens is 306 g/mol. The summed E-state index contributed by atoms with van der Waals surface area (Å²) in [5, 5.41) is 11.2. The van der Waals surface area contributed by atoms with Gasteiger partial charge in [0, 0.05) is 16.7 Å². The summed E-state index contributed by atoms with van der Waals surface area (Å²) in [5.74, 6) is -0.247. The molecule has 3 aromatic rings. The van der Waals surface area contributed by atoms with E-state index in [1.54, 1.807) is 17.4 Å². The van der Waals surface area contributed by atoms with Gasteiger partial charge in [-0.2, -0.15) is 0 Å². The Bertz CT molecular complexity index is 771. The van der Waals surface area contributed by atoms with Gasteiger partial charge in [0.2, 0.25) is 0 Å². The van der Waals surface area contributed by atoms with E-state index >= 15 is 0 Å². The fourth-order valence-electron chi connectivity index (χ4n) is 1.82. The summed E-state index contributed by atoms with van der Waals surface area (Å²) in [7, 11) is 0. The van der Waals surface area contributed by atoms with Crippen LogP contribution in [-0.4, -0.2) is 16.1 Å². The molecule has 1 N–H and O–H groups in total. The third-order valence-electron chi connectivity index (χ3n) is 2.79. The molecule has 0 aliphatic carbocycles. The number of carboxylic acid groups (broad SMARTS) is 1. The van der Waals surface area contributed by atoms with Gasteiger partial charge in [0.25, 0.3) is 5.22 Å². The molecule has 0 unspecified atom stereocenters. The van der Waals surface area contributed by atoms with Gasteiger partial charge < -0.3 is 9.52 Å². The number of nitrogens with zero attached hydrogens (tertiary/aromatic N) is 1. The van der Waals surface area contributed by atoms with Crippen molar-refractivity contribution in [3.8, 4) is 0 Å². The first kappa shape index (κ1) is 13.9. The van der Waals surface area contributed by atoms with E-state index < -0.39 is 5.97 Å². The first-order valence-corrected chi connectivity index (χ1v) is 8.04. The molecule has 0 aliphatic heterocycles. The number of carboxylic acids is 1. The Morgan fingerprint density at radius 1 is 1.38 bits per heavy atom. The van der Waals surface area contributed by atoms with Crippen LogP contribution in [0.1, 0.15) is 10.4 Å². The number of benzene rings is 1. The molecule has 0 saturated carbocycles. The lowest BCUT2D eigenvalue weighted by molar-refractivity contribution is -0.131. The van der Waals surface area contributed by atoms with Crippen LogP contribution in [0.4, 0.5) is 0 Å². The number of aromatic nitrogens is 1. The van der Waals surface area contributed by atoms with Gasteiger partial charge in [-0.3, -0.25) is 0 Å².